The van der Waals surface area contributed by atoms with Crippen LogP contribution in [0.25, 0.3) is 11.1 Å². The number of nitrogens with zero attached hydrogens (tertiary/aromatic N) is 2. The van der Waals surface area contributed by atoms with Gasteiger partial charge in [0.15, 0.2) is 23.2 Å². The van der Waals surface area contributed by atoms with Crippen LogP contribution < -0.4 is 19.7 Å². The highest BCUT2D eigenvalue weighted by molar-refractivity contribution is 5.84. The van der Waals surface area contributed by atoms with E-state index in [2.05, 4.69) is 10.3 Å². The predicted molar refractivity (Wildman–Crippen MR) is 119 cm³/mol. The molecule has 2 aliphatic heterocycles. The number of ether oxygens (including phenoxy) is 3. The van der Waals surface area contributed by atoms with E-state index in [0.717, 1.165) is 16.7 Å². The second-order valence-electron chi connectivity index (χ2n) is 8.21. The Hall–Kier alpha value is -3.75. The monoisotopic (exact) mass is 451 g/mol. The molecule has 0 saturated carbocycles. The van der Waals surface area contributed by atoms with Crippen LogP contribution in [0.3, 0.4) is 0 Å². The van der Waals surface area contributed by atoms with Gasteiger partial charge in [-0.25, -0.2) is 0 Å². The van der Waals surface area contributed by atoms with Crippen molar-refractivity contribution in [2.75, 3.05) is 24.8 Å². The predicted octanol–water partition coefficient (Wildman–Crippen LogP) is 3.02. The molecular formula is C24H25N3O6. The highest BCUT2D eigenvalue weighted by Crippen LogP contribution is 2.32. The number of aromatic nitrogens is 1. The average molecular weight is 451 g/mol. The molecule has 1 saturated heterocycles. The number of rotatable bonds is 6. The van der Waals surface area contributed by atoms with Crippen molar-refractivity contribution in [3.63, 3.8) is 0 Å². The Balaban J connectivity index is 1.09. The molecule has 3 heterocycles. The van der Waals surface area contributed by atoms with Crippen LogP contribution in [0, 0.1) is 5.92 Å². The third kappa shape index (κ3) is 4.57. The number of amides is 1. The fourth-order valence-corrected chi connectivity index (χ4v) is 4.01. The fraction of sp³-hybridized carbons (Fsp3) is 0.375. The van der Waals surface area contributed by atoms with Crippen molar-refractivity contribution >= 4 is 29.0 Å². The molecule has 0 spiro atoms. The van der Waals surface area contributed by atoms with Gasteiger partial charge in [-0.05, 0) is 49.6 Å². The summed E-state index contributed by atoms with van der Waals surface area (Å²) in [6, 6.07) is 13.7. The Morgan fingerprint density at radius 2 is 1.94 bits per heavy atom. The van der Waals surface area contributed by atoms with Crippen LogP contribution >= 0.6 is 0 Å². The number of carbonyl (C=O) groups excluding carboxylic acids is 2. The molecule has 1 aromatic heterocycles. The first-order valence-electron chi connectivity index (χ1n) is 11.0. The maximum Gasteiger partial charge on any atom is 0.309 e. The smallest absolute Gasteiger partial charge is 0.309 e. The fourth-order valence-electron chi connectivity index (χ4n) is 4.01. The van der Waals surface area contributed by atoms with Crippen molar-refractivity contribution < 1.29 is 28.2 Å². The quantitative estimate of drug-likeness (QED) is 0.571. The number of esters is 1. The summed E-state index contributed by atoms with van der Waals surface area (Å²) in [6.45, 7) is 3.36. The van der Waals surface area contributed by atoms with E-state index in [1.807, 2.05) is 41.3 Å². The topological polar surface area (TPSA) is 103 Å². The molecule has 1 atom stereocenters. The number of carbonyl (C=O) groups is 2. The molecule has 172 valence electrons. The van der Waals surface area contributed by atoms with E-state index in [4.69, 9.17) is 18.6 Å². The second-order valence-corrected chi connectivity index (χ2v) is 8.21. The Morgan fingerprint density at radius 3 is 2.76 bits per heavy atom. The first-order chi connectivity index (χ1) is 16.1. The lowest BCUT2D eigenvalue weighted by Gasteiger charge is -2.30. The molecular weight excluding hydrogens is 426 g/mol. The number of oxazole rings is 1. The Kier molecular flexibility index (Phi) is 5.77. The third-order valence-electron chi connectivity index (χ3n) is 5.95. The third-order valence-corrected chi connectivity index (χ3v) is 5.95. The van der Waals surface area contributed by atoms with Crippen LogP contribution in [0.15, 0.2) is 46.9 Å². The van der Waals surface area contributed by atoms with Gasteiger partial charge in [0.05, 0.1) is 5.92 Å². The standard InChI is InChI=1S/C24H25N3O6/c1-15(22(28)25-13-16-6-7-20-21(12-16)31-14-30-20)32-23(29)17-8-10-27(11-9-17)24-26-18-4-2-3-5-19(18)33-24/h2-7,12,15,17H,8-11,13-14H2,1H3,(H,25,28)/t15-/m1/s1. The number of hydrogen-bond acceptors (Lipinski definition) is 8. The summed E-state index contributed by atoms with van der Waals surface area (Å²) < 4.78 is 21.9. The first kappa shape index (κ1) is 21.1. The Bertz CT molecular complexity index is 1130. The lowest BCUT2D eigenvalue weighted by molar-refractivity contribution is -0.159. The molecule has 1 fully saturated rings. The zero-order valence-corrected chi connectivity index (χ0v) is 18.3. The summed E-state index contributed by atoms with van der Waals surface area (Å²) >= 11 is 0. The minimum Gasteiger partial charge on any atom is -0.454 e. The molecule has 0 aliphatic carbocycles. The van der Waals surface area contributed by atoms with E-state index < -0.39 is 6.10 Å². The van der Waals surface area contributed by atoms with Crippen LogP contribution in [0.4, 0.5) is 6.01 Å². The van der Waals surface area contributed by atoms with Gasteiger partial charge >= 0.3 is 5.97 Å². The number of nitrogens with one attached hydrogen (secondary N) is 1. The molecule has 3 aromatic rings. The van der Waals surface area contributed by atoms with Crippen LogP contribution in [-0.2, 0) is 20.9 Å². The van der Waals surface area contributed by atoms with Gasteiger partial charge in [-0.3, -0.25) is 9.59 Å². The van der Waals surface area contributed by atoms with Gasteiger partial charge in [0.1, 0.15) is 5.52 Å². The molecule has 0 radical (unpaired) electrons. The lowest BCUT2D eigenvalue weighted by atomic mass is 9.97. The summed E-state index contributed by atoms with van der Waals surface area (Å²) in [5.41, 5.74) is 2.43. The largest absolute Gasteiger partial charge is 0.454 e. The molecule has 1 N–H and O–H groups in total. The minimum absolute atomic E-state index is 0.200. The zero-order chi connectivity index (χ0) is 22.8. The summed E-state index contributed by atoms with van der Waals surface area (Å²) in [4.78, 5) is 31.6. The van der Waals surface area contributed by atoms with Crippen molar-refractivity contribution in [3.05, 3.63) is 48.0 Å². The van der Waals surface area contributed by atoms with E-state index >= 15 is 0 Å². The molecule has 5 rings (SSSR count). The van der Waals surface area contributed by atoms with Gasteiger partial charge in [0.25, 0.3) is 11.9 Å². The first-order valence-corrected chi connectivity index (χ1v) is 11.0. The molecule has 1 amide bonds. The van der Waals surface area contributed by atoms with Crippen molar-refractivity contribution in [3.8, 4) is 11.5 Å². The molecule has 33 heavy (non-hydrogen) atoms. The van der Waals surface area contributed by atoms with Gasteiger partial charge in [0, 0.05) is 19.6 Å². The van der Waals surface area contributed by atoms with Crippen molar-refractivity contribution in [2.24, 2.45) is 5.92 Å². The van der Waals surface area contributed by atoms with Gasteiger partial charge in [-0.1, -0.05) is 18.2 Å². The van der Waals surface area contributed by atoms with Crippen molar-refractivity contribution in [2.45, 2.75) is 32.4 Å². The average Bonchev–Trinajstić information content (AvgIpc) is 3.49. The van der Waals surface area contributed by atoms with E-state index in [-0.39, 0.29) is 24.6 Å². The molecule has 0 unspecified atom stereocenters. The normalized spacial score (nSPS) is 16.6. The van der Waals surface area contributed by atoms with Gasteiger partial charge in [-0.15, -0.1) is 0 Å². The molecule has 2 aliphatic rings. The number of benzene rings is 2. The van der Waals surface area contributed by atoms with Crippen molar-refractivity contribution in [1.82, 2.24) is 10.3 Å². The number of anilines is 1. The second kappa shape index (κ2) is 9.01. The highest BCUT2D eigenvalue weighted by Gasteiger charge is 2.30. The lowest BCUT2D eigenvalue weighted by Crippen LogP contribution is -2.40. The molecule has 2 aromatic carbocycles. The minimum atomic E-state index is -0.874. The Labute approximate surface area is 190 Å². The van der Waals surface area contributed by atoms with E-state index in [1.54, 1.807) is 13.0 Å². The SMILES string of the molecule is C[C@@H](OC(=O)C1CCN(c2nc3ccccc3o2)CC1)C(=O)NCc1ccc2c(c1)OCO2. The number of piperidine rings is 1. The van der Waals surface area contributed by atoms with Crippen LogP contribution in [0.1, 0.15) is 25.3 Å². The maximum absolute atomic E-state index is 12.6. The number of hydrogen-bond donors (Lipinski definition) is 1. The van der Waals surface area contributed by atoms with E-state index in [1.165, 1.54) is 0 Å². The van der Waals surface area contributed by atoms with E-state index in [9.17, 15) is 9.59 Å². The molecule has 9 nitrogen and oxygen atoms in total. The number of para-hydroxylation sites is 2. The van der Waals surface area contributed by atoms with Crippen LogP contribution in [-0.4, -0.2) is 42.8 Å². The summed E-state index contributed by atoms with van der Waals surface area (Å²) in [6.07, 6.45) is 0.355. The number of fused-ring (bicyclic) bond motifs is 2. The Morgan fingerprint density at radius 1 is 1.15 bits per heavy atom. The summed E-state index contributed by atoms with van der Waals surface area (Å²) in [5, 5.41) is 2.80. The zero-order valence-electron chi connectivity index (χ0n) is 18.3. The van der Waals surface area contributed by atoms with Crippen LogP contribution in [0.2, 0.25) is 0 Å². The van der Waals surface area contributed by atoms with Crippen LogP contribution in [0.5, 0.6) is 11.5 Å². The van der Waals surface area contributed by atoms with Crippen molar-refractivity contribution in [1.29, 1.82) is 0 Å². The maximum atomic E-state index is 12.6. The summed E-state index contributed by atoms with van der Waals surface area (Å²) in [7, 11) is 0. The molecule has 0 bridgehead atoms. The van der Waals surface area contributed by atoms with Gasteiger partial charge in [0.2, 0.25) is 6.79 Å². The molecule has 9 heteroatoms. The summed E-state index contributed by atoms with van der Waals surface area (Å²) in [5.74, 6) is 0.401. The van der Waals surface area contributed by atoms with Gasteiger partial charge < -0.3 is 28.8 Å². The van der Waals surface area contributed by atoms with Gasteiger partial charge in [-0.2, -0.15) is 4.98 Å². The van der Waals surface area contributed by atoms with E-state index in [0.29, 0.717) is 50.0 Å². The highest BCUT2D eigenvalue weighted by atomic mass is 16.7.